The molecule has 0 aliphatic heterocycles. The molecule has 1 aromatic heterocycles. The second-order valence-corrected chi connectivity index (χ2v) is 4.37. The Bertz CT molecular complexity index is 651. The Morgan fingerprint density at radius 3 is 2.57 bits per heavy atom. The third-order valence-corrected chi connectivity index (χ3v) is 2.61. The Kier molecular flexibility index (Phi) is 4.32. The van der Waals surface area contributed by atoms with Crippen LogP contribution in [0, 0.1) is 12.7 Å². The Balaban J connectivity index is 1.93. The van der Waals surface area contributed by atoms with Crippen LogP contribution in [0.3, 0.4) is 0 Å². The fourth-order valence-electron chi connectivity index (χ4n) is 1.52. The molecule has 0 unspecified atom stereocenters. The van der Waals surface area contributed by atoms with Gasteiger partial charge >= 0.3 is 5.97 Å². The van der Waals surface area contributed by atoms with Crippen molar-refractivity contribution in [3.05, 3.63) is 47.5 Å². The number of carbonyl (C=O) groups is 2. The van der Waals surface area contributed by atoms with Crippen molar-refractivity contribution in [3.8, 4) is 0 Å². The van der Waals surface area contributed by atoms with Crippen molar-refractivity contribution >= 4 is 17.7 Å². The highest BCUT2D eigenvalue weighted by Crippen LogP contribution is 2.10. The van der Waals surface area contributed by atoms with Gasteiger partial charge in [-0.25, -0.2) is 9.18 Å². The van der Waals surface area contributed by atoms with E-state index in [4.69, 9.17) is 9.26 Å². The molecule has 110 valence electrons. The van der Waals surface area contributed by atoms with Crippen molar-refractivity contribution in [3.63, 3.8) is 0 Å². The average Bonchev–Trinajstić information content (AvgIpc) is 2.84. The second-order valence-electron chi connectivity index (χ2n) is 4.37. The highest BCUT2D eigenvalue weighted by Gasteiger charge is 2.20. The van der Waals surface area contributed by atoms with Gasteiger partial charge in [0.05, 0.1) is 5.56 Å². The first-order valence-corrected chi connectivity index (χ1v) is 6.16. The molecular weight excluding hydrogens is 279 g/mol. The van der Waals surface area contributed by atoms with Gasteiger partial charge in [0.2, 0.25) is 0 Å². The number of aromatic nitrogens is 1. The Labute approximate surface area is 119 Å². The minimum atomic E-state index is -1.03. The van der Waals surface area contributed by atoms with Crippen LogP contribution in [0.5, 0.6) is 0 Å². The number of hydrogen-bond acceptors (Lipinski definition) is 5. The normalized spacial score (nSPS) is 11.8. The van der Waals surface area contributed by atoms with E-state index in [1.807, 2.05) is 0 Å². The standard InChI is InChI=1S/C14H13FN2O4/c1-8-7-12(17-21-8)16-13(18)9(2)20-14(19)10-3-5-11(15)6-4-10/h3-7,9H,1-2H3,(H,16,17,18)/t9-/m1/s1. The van der Waals surface area contributed by atoms with Crippen LogP contribution in [0.2, 0.25) is 0 Å². The molecule has 0 spiro atoms. The maximum absolute atomic E-state index is 12.8. The second kappa shape index (κ2) is 6.17. The van der Waals surface area contributed by atoms with Gasteiger partial charge in [0.1, 0.15) is 11.6 Å². The zero-order valence-corrected chi connectivity index (χ0v) is 11.4. The predicted molar refractivity (Wildman–Crippen MR) is 71.1 cm³/mol. The van der Waals surface area contributed by atoms with Gasteiger partial charge in [-0.15, -0.1) is 0 Å². The van der Waals surface area contributed by atoms with Crippen molar-refractivity contribution < 1.29 is 23.2 Å². The fraction of sp³-hybridized carbons (Fsp3) is 0.214. The van der Waals surface area contributed by atoms with E-state index in [9.17, 15) is 14.0 Å². The first-order valence-electron chi connectivity index (χ1n) is 6.16. The van der Waals surface area contributed by atoms with Crippen LogP contribution in [0.25, 0.3) is 0 Å². The molecule has 1 N–H and O–H groups in total. The smallest absolute Gasteiger partial charge is 0.338 e. The summed E-state index contributed by atoms with van der Waals surface area (Å²) in [5, 5.41) is 6.04. The predicted octanol–water partition coefficient (Wildman–Crippen LogP) is 2.31. The van der Waals surface area contributed by atoms with Gasteiger partial charge in [0.15, 0.2) is 11.9 Å². The molecule has 0 aliphatic rings. The first-order chi connectivity index (χ1) is 9.95. The van der Waals surface area contributed by atoms with E-state index in [1.54, 1.807) is 6.92 Å². The van der Waals surface area contributed by atoms with Gasteiger partial charge in [-0.3, -0.25) is 4.79 Å². The van der Waals surface area contributed by atoms with Crippen LogP contribution in [-0.2, 0) is 9.53 Å². The summed E-state index contributed by atoms with van der Waals surface area (Å²) in [7, 11) is 0. The van der Waals surface area contributed by atoms with E-state index in [0.29, 0.717) is 5.76 Å². The van der Waals surface area contributed by atoms with E-state index in [-0.39, 0.29) is 11.4 Å². The van der Waals surface area contributed by atoms with E-state index in [1.165, 1.54) is 25.1 Å². The number of hydrogen-bond donors (Lipinski definition) is 1. The largest absolute Gasteiger partial charge is 0.449 e. The third kappa shape index (κ3) is 3.88. The molecule has 2 rings (SSSR count). The van der Waals surface area contributed by atoms with Crippen molar-refractivity contribution in [2.75, 3.05) is 5.32 Å². The molecule has 6 nitrogen and oxygen atoms in total. The van der Waals surface area contributed by atoms with Crippen molar-refractivity contribution in [1.29, 1.82) is 0 Å². The number of benzene rings is 1. The number of carbonyl (C=O) groups excluding carboxylic acids is 2. The molecule has 0 radical (unpaired) electrons. The molecule has 2 aromatic rings. The monoisotopic (exact) mass is 292 g/mol. The minimum Gasteiger partial charge on any atom is -0.449 e. The summed E-state index contributed by atoms with van der Waals surface area (Å²) < 4.78 is 22.5. The lowest BCUT2D eigenvalue weighted by molar-refractivity contribution is -0.123. The summed E-state index contributed by atoms with van der Waals surface area (Å²) in [5.41, 5.74) is 0.160. The number of esters is 1. The van der Waals surface area contributed by atoms with Crippen molar-refractivity contribution in [1.82, 2.24) is 5.16 Å². The number of amides is 1. The average molecular weight is 292 g/mol. The van der Waals surface area contributed by atoms with Crippen LogP contribution in [0.4, 0.5) is 10.2 Å². The van der Waals surface area contributed by atoms with Crippen LogP contribution in [0.15, 0.2) is 34.9 Å². The van der Waals surface area contributed by atoms with Crippen LogP contribution in [-0.4, -0.2) is 23.1 Å². The molecule has 0 fully saturated rings. The zero-order chi connectivity index (χ0) is 15.4. The summed E-state index contributed by atoms with van der Waals surface area (Å²) >= 11 is 0. The van der Waals surface area contributed by atoms with Crippen LogP contribution in [0.1, 0.15) is 23.0 Å². The molecule has 1 aromatic carbocycles. The van der Waals surface area contributed by atoms with Crippen LogP contribution < -0.4 is 5.32 Å². The van der Waals surface area contributed by atoms with E-state index in [2.05, 4.69) is 10.5 Å². The highest BCUT2D eigenvalue weighted by atomic mass is 19.1. The van der Waals surface area contributed by atoms with Crippen molar-refractivity contribution in [2.24, 2.45) is 0 Å². The van der Waals surface area contributed by atoms with E-state index in [0.717, 1.165) is 12.1 Å². The molecule has 1 atom stereocenters. The number of aryl methyl sites for hydroxylation is 1. The lowest BCUT2D eigenvalue weighted by Gasteiger charge is -2.12. The molecule has 0 saturated carbocycles. The van der Waals surface area contributed by atoms with Crippen LogP contribution >= 0.6 is 0 Å². The number of ether oxygens (including phenoxy) is 1. The lowest BCUT2D eigenvalue weighted by Crippen LogP contribution is -2.30. The molecule has 0 saturated heterocycles. The Morgan fingerprint density at radius 2 is 2.00 bits per heavy atom. The maximum atomic E-state index is 12.8. The summed E-state index contributed by atoms with van der Waals surface area (Å²) in [6.45, 7) is 3.10. The Morgan fingerprint density at radius 1 is 1.33 bits per heavy atom. The summed E-state index contributed by atoms with van der Waals surface area (Å²) in [6, 6.07) is 6.37. The molecule has 21 heavy (non-hydrogen) atoms. The molecule has 0 bridgehead atoms. The maximum Gasteiger partial charge on any atom is 0.338 e. The summed E-state index contributed by atoms with van der Waals surface area (Å²) in [6.07, 6.45) is -1.03. The van der Waals surface area contributed by atoms with Gasteiger partial charge in [0, 0.05) is 6.07 Å². The summed E-state index contributed by atoms with van der Waals surface area (Å²) in [4.78, 5) is 23.6. The van der Waals surface area contributed by atoms with Crippen molar-refractivity contribution in [2.45, 2.75) is 20.0 Å². The zero-order valence-electron chi connectivity index (χ0n) is 11.4. The topological polar surface area (TPSA) is 81.4 Å². The number of halogens is 1. The lowest BCUT2D eigenvalue weighted by atomic mass is 10.2. The van der Waals surface area contributed by atoms with Gasteiger partial charge in [-0.2, -0.15) is 0 Å². The number of nitrogens with zero attached hydrogens (tertiary/aromatic N) is 1. The number of anilines is 1. The molecule has 7 heteroatoms. The molecular formula is C14H13FN2O4. The first kappa shape index (κ1) is 14.7. The van der Waals surface area contributed by atoms with Gasteiger partial charge in [-0.1, -0.05) is 5.16 Å². The minimum absolute atomic E-state index is 0.160. The molecule has 1 amide bonds. The number of rotatable bonds is 4. The van der Waals surface area contributed by atoms with E-state index >= 15 is 0 Å². The van der Waals surface area contributed by atoms with Gasteiger partial charge < -0.3 is 14.6 Å². The number of nitrogens with one attached hydrogen (secondary N) is 1. The fourth-order valence-corrected chi connectivity index (χ4v) is 1.52. The van der Waals surface area contributed by atoms with Gasteiger partial charge in [-0.05, 0) is 38.1 Å². The Hall–Kier alpha value is -2.70. The third-order valence-electron chi connectivity index (χ3n) is 2.61. The highest BCUT2D eigenvalue weighted by molar-refractivity contribution is 5.96. The summed E-state index contributed by atoms with van der Waals surface area (Å²) in [5.74, 6) is -0.935. The molecule has 1 heterocycles. The van der Waals surface area contributed by atoms with Gasteiger partial charge in [0.25, 0.3) is 5.91 Å². The quantitative estimate of drug-likeness (QED) is 0.874. The SMILES string of the molecule is Cc1cc(NC(=O)[C@@H](C)OC(=O)c2ccc(F)cc2)no1. The molecule has 0 aliphatic carbocycles. The van der Waals surface area contributed by atoms with E-state index < -0.39 is 23.8 Å².